The standard InChI is InChI=1S/C15H24N2O2S2/c1-3-14-12-17(9-10-20-14)21(18,19)15-8-6-5-7-13(15)11-16-4-2/h5-8,14,16H,3-4,9-12H2,1-2H3. The fourth-order valence-corrected chi connectivity index (χ4v) is 5.56. The Kier molecular flexibility index (Phi) is 6.10. The summed E-state index contributed by atoms with van der Waals surface area (Å²) in [5.41, 5.74) is 0.852. The van der Waals surface area contributed by atoms with Gasteiger partial charge in [-0.05, 0) is 24.6 Å². The monoisotopic (exact) mass is 328 g/mol. The van der Waals surface area contributed by atoms with Crippen LogP contribution in [-0.4, -0.2) is 43.4 Å². The van der Waals surface area contributed by atoms with Gasteiger partial charge < -0.3 is 5.32 Å². The molecule has 1 aromatic carbocycles. The van der Waals surface area contributed by atoms with E-state index in [1.54, 1.807) is 16.4 Å². The first-order valence-electron chi connectivity index (χ1n) is 7.50. The molecular formula is C15H24N2O2S2. The molecule has 0 aromatic heterocycles. The summed E-state index contributed by atoms with van der Waals surface area (Å²) in [5, 5.41) is 3.62. The Labute approximate surface area is 132 Å². The Morgan fingerprint density at radius 2 is 2.10 bits per heavy atom. The molecule has 2 rings (SSSR count). The zero-order chi connectivity index (χ0) is 15.3. The van der Waals surface area contributed by atoms with Gasteiger partial charge in [0.15, 0.2) is 0 Å². The number of benzene rings is 1. The quantitative estimate of drug-likeness (QED) is 0.871. The first-order chi connectivity index (χ1) is 10.1. The molecule has 0 aliphatic carbocycles. The predicted octanol–water partition coefficient (Wildman–Crippen LogP) is 2.31. The van der Waals surface area contributed by atoms with Crippen LogP contribution in [0.3, 0.4) is 0 Å². The predicted molar refractivity (Wildman–Crippen MR) is 89.1 cm³/mol. The molecule has 1 saturated heterocycles. The van der Waals surface area contributed by atoms with E-state index >= 15 is 0 Å². The van der Waals surface area contributed by atoms with E-state index in [1.165, 1.54) is 0 Å². The van der Waals surface area contributed by atoms with E-state index in [1.807, 2.05) is 30.8 Å². The van der Waals surface area contributed by atoms with Gasteiger partial charge in [0, 0.05) is 30.6 Å². The van der Waals surface area contributed by atoms with Crippen molar-refractivity contribution in [3.8, 4) is 0 Å². The Bertz CT molecular complexity index is 561. The average molecular weight is 329 g/mol. The second-order valence-corrected chi connectivity index (χ2v) is 8.47. The van der Waals surface area contributed by atoms with Crippen LogP contribution >= 0.6 is 11.8 Å². The van der Waals surface area contributed by atoms with Crippen molar-refractivity contribution in [2.24, 2.45) is 0 Å². The van der Waals surface area contributed by atoms with Gasteiger partial charge in [-0.25, -0.2) is 8.42 Å². The van der Waals surface area contributed by atoms with Crippen LogP contribution in [0.1, 0.15) is 25.8 Å². The maximum absolute atomic E-state index is 12.9. The molecule has 0 saturated carbocycles. The van der Waals surface area contributed by atoms with E-state index in [4.69, 9.17) is 0 Å². The van der Waals surface area contributed by atoms with Crippen molar-refractivity contribution in [1.29, 1.82) is 0 Å². The molecular weight excluding hydrogens is 304 g/mol. The van der Waals surface area contributed by atoms with Crippen LogP contribution in [0.4, 0.5) is 0 Å². The van der Waals surface area contributed by atoms with E-state index < -0.39 is 10.0 Å². The van der Waals surface area contributed by atoms with Gasteiger partial charge in [-0.3, -0.25) is 0 Å². The molecule has 0 amide bonds. The summed E-state index contributed by atoms with van der Waals surface area (Å²) in [7, 11) is -3.39. The smallest absolute Gasteiger partial charge is 0.243 e. The average Bonchev–Trinajstić information content (AvgIpc) is 2.53. The summed E-state index contributed by atoms with van der Waals surface area (Å²) >= 11 is 1.88. The molecule has 0 bridgehead atoms. The minimum absolute atomic E-state index is 0.412. The van der Waals surface area contributed by atoms with Crippen molar-refractivity contribution in [3.63, 3.8) is 0 Å². The van der Waals surface area contributed by atoms with Gasteiger partial charge in [0.1, 0.15) is 0 Å². The van der Waals surface area contributed by atoms with Crippen molar-refractivity contribution in [3.05, 3.63) is 29.8 Å². The lowest BCUT2D eigenvalue weighted by Crippen LogP contribution is -2.42. The van der Waals surface area contributed by atoms with Crippen LogP contribution in [0, 0.1) is 0 Å². The summed E-state index contributed by atoms with van der Waals surface area (Å²) in [6, 6.07) is 7.32. The van der Waals surface area contributed by atoms with Crippen LogP contribution in [0.5, 0.6) is 0 Å². The van der Waals surface area contributed by atoms with Crippen molar-refractivity contribution < 1.29 is 8.42 Å². The number of hydrogen-bond acceptors (Lipinski definition) is 4. The zero-order valence-electron chi connectivity index (χ0n) is 12.7. The molecule has 1 fully saturated rings. The molecule has 1 aromatic rings. The second-order valence-electron chi connectivity index (χ2n) is 5.15. The van der Waals surface area contributed by atoms with Gasteiger partial charge >= 0.3 is 0 Å². The maximum Gasteiger partial charge on any atom is 0.243 e. The Morgan fingerprint density at radius 3 is 2.81 bits per heavy atom. The fourth-order valence-electron chi connectivity index (χ4n) is 2.46. The third-order valence-electron chi connectivity index (χ3n) is 3.71. The molecule has 0 radical (unpaired) electrons. The van der Waals surface area contributed by atoms with Gasteiger partial charge in [0.25, 0.3) is 0 Å². The fraction of sp³-hybridized carbons (Fsp3) is 0.600. The van der Waals surface area contributed by atoms with Crippen LogP contribution in [-0.2, 0) is 16.6 Å². The van der Waals surface area contributed by atoms with Gasteiger partial charge in [0.05, 0.1) is 4.90 Å². The minimum Gasteiger partial charge on any atom is -0.313 e. The highest BCUT2D eigenvalue weighted by molar-refractivity contribution is 8.00. The minimum atomic E-state index is -3.39. The van der Waals surface area contributed by atoms with E-state index in [9.17, 15) is 8.42 Å². The van der Waals surface area contributed by atoms with Crippen molar-refractivity contribution in [2.45, 2.75) is 37.0 Å². The lowest BCUT2D eigenvalue weighted by molar-refractivity contribution is 0.415. The molecule has 1 N–H and O–H groups in total. The molecule has 1 aliphatic rings. The molecule has 6 heteroatoms. The Hall–Kier alpha value is -0.560. The molecule has 1 unspecified atom stereocenters. The SMILES string of the molecule is CCNCc1ccccc1S(=O)(=O)N1CCSC(CC)C1. The largest absolute Gasteiger partial charge is 0.313 e. The summed E-state index contributed by atoms with van der Waals surface area (Å²) < 4.78 is 27.5. The number of thioether (sulfide) groups is 1. The normalized spacial score (nSPS) is 20.6. The third kappa shape index (κ3) is 4.00. The highest BCUT2D eigenvalue weighted by Crippen LogP contribution is 2.27. The van der Waals surface area contributed by atoms with Gasteiger partial charge in [-0.15, -0.1) is 0 Å². The first kappa shape index (κ1) is 16.8. The Morgan fingerprint density at radius 1 is 1.33 bits per heavy atom. The lowest BCUT2D eigenvalue weighted by Gasteiger charge is -2.31. The Balaban J connectivity index is 2.26. The molecule has 0 spiro atoms. The van der Waals surface area contributed by atoms with E-state index in [2.05, 4.69) is 12.2 Å². The van der Waals surface area contributed by atoms with Gasteiger partial charge in [0.2, 0.25) is 10.0 Å². The molecule has 21 heavy (non-hydrogen) atoms. The maximum atomic E-state index is 12.9. The highest BCUT2D eigenvalue weighted by atomic mass is 32.2. The summed E-state index contributed by atoms with van der Waals surface area (Å²) in [6.45, 7) is 6.79. The van der Waals surface area contributed by atoms with Crippen molar-refractivity contribution in [1.82, 2.24) is 9.62 Å². The topological polar surface area (TPSA) is 49.4 Å². The number of nitrogens with one attached hydrogen (secondary N) is 1. The van der Waals surface area contributed by atoms with Gasteiger partial charge in [-0.1, -0.05) is 32.0 Å². The first-order valence-corrected chi connectivity index (χ1v) is 9.98. The van der Waals surface area contributed by atoms with Crippen LogP contribution < -0.4 is 5.32 Å². The summed E-state index contributed by atoms with van der Waals surface area (Å²) in [6.07, 6.45) is 1.01. The van der Waals surface area contributed by atoms with Crippen molar-refractivity contribution in [2.75, 3.05) is 25.4 Å². The van der Waals surface area contributed by atoms with Crippen molar-refractivity contribution >= 4 is 21.8 Å². The van der Waals surface area contributed by atoms with Crippen LogP contribution in [0.15, 0.2) is 29.2 Å². The number of rotatable bonds is 6. The zero-order valence-corrected chi connectivity index (χ0v) is 14.3. The van der Waals surface area contributed by atoms with E-state index in [0.29, 0.717) is 29.8 Å². The molecule has 1 atom stereocenters. The molecule has 1 heterocycles. The van der Waals surface area contributed by atoms with E-state index in [-0.39, 0.29) is 0 Å². The number of nitrogens with zero attached hydrogens (tertiary/aromatic N) is 1. The highest BCUT2D eigenvalue weighted by Gasteiger charge is 2.31. The van der Waals surface area contributed by atoms with E-state index in [0.717, 1.165) is 24.3 Å². The summed E-state index contributed by atoms with van der Waals surface area (Å²) in [4.78, 5) is 0.452. The number of sulfonamides is 1. The molecule has 118 valence electrons. The number of hydrogen-bond donors (Lipinski definition) is 1. The second kappa shape index (κ2) is 7.63. The van der Waals surface area contributed by atoms with Crippen LogP contribution in [0.25, 0.3) is 0 Å². The lowest BCUT2D eigenvalue weighted by atomic mass is 10.2. The van der Waals surface area contributed by atoms with Crippen LogP contribution in [0.2, 0.25) is 0 Å². The summed E-state index contributed by atoms with van der Waals surface area (Å²) in [5.74, 6) is 0.882. The third-order valence-corrected chi connectivity index (χ3v) is 7.05. The molecule has 4 nitrogen and oxygen atoms in total. The van der Waals surface area contributed by atoms with Gasteiger partial charge in [-0.2, -0.15) is 16.1 Å². The molecule has 1 aliphatic heterocycles.